The van der Waals surface area contributed by atoms with E-state index >= 15 is 0 Å². The Labute approximate surface area is 85.3 Å². The quantitative estimate of drug-likeness (QED) is 0.779. The molecule has 1 rings (SSSR count). The number of hydrogen-bond acceptors (Lipinski definition) is 1. The maximum absolute atomic E-state index is 11.8. The van der Waals surface area contributed by atoms with Crippen LogP contribution in [0.25, 0.3) is 0 Å². The van der Waals surface area contributed by atoms with E-state index < -0.39 is 5.41 Å². The second-order valence-electron chi connectivity index (χ2n) is 3.85. The van der Waals surface area contributed by atoms with Gasteiger partial charge in [0.2, 0.25) is 5.91 Å². The van der Waals surface area contributed by atoms with Crippen LogP contribution in [-0.2, 0) is 10.2 Å². The largest absolute Gasteiger partial charge is 0.356 e. The van der Waals surface area contributed by atoms with Crippen LogP contribution in [0.1, 0.15) is 26.3 Å². The molecule has 1 amide bonds. The predicted molar refractivity (Wildman–Crippen MR) is 58.2 cm³/mol. The molecule has 1 N–H and O–H groups in total. The number of carbonyl (C=O) groups excluding carboxylic acids is 1. The van der Waals surface area contributed by atoms with Crippen LogP contribution in [0.3, 0.4) is 0 Å². The number of nitrogens with one attached hydrogen (secondary N) is 1. The first-order chi connectivity index (χ1) is 6.59. The van der Waals surface area contributed by atoms with Crippen LogP contribution in [0.5, 0.6) is 0 Å². The zero-order valence-electron chi connectivity index (χ0n) is 9.00. The molecule has 0 saturated carbocycles. The molecule has 14 heavy (non-hydrogen) atoms. The first-order valence-corrected chi connectivity index (χ1v) is 4.93. The summed E-state index contributed by atoms with van der Waals surface area (Å²) in [5.74, 6) is 0.0752. The van der Waals surface area contributed by atoms with E-state index in [1.165, 1.54) is 0 Å². The van der Waals surface area contributed by atoms with E-state index in [1.54, 1.807) is 0 Å². The normalized spacial score (nSPS) is 11.1. The number of amides is 1. The number of rotatable bonds is 3. The topological polar surface area (TPSA) is 29.1 Å². The second-order valence-corrected chi connectivity index (χ2v) is 3.85. The van der Waals surface area contributed by atoms with Gasteiger partial charge in [-0.1, -0.05) is 30.3 Å². The summed E-state index contributed by atoms with van der Waals surface area (Å²) in [5, 5.41) is 2.85. The molecule has 0 radical (unpaired) electrons. The SMILES string of the molecule is CCNC(=O)C(C)(C)c1ccccc1. The lowest BCUT2D eigenvalue weighted by Crippen LogP contribution is -2.39. The Hall–Kier alpha value is -1.31. The van der Waals surface area contributed by atoms with Crippen molar-refractivity contribution < 1.29 is 4.79 Å². The zero-order chi connectivity index (χ0) is 10.6. The summed E-state index contributed by atoms with van der Waals surface area (Å²) >= 11 is 0. The molecule has 0 aliphatic rings. The highest BCUT2D eigenvalue weighted by Gasteiger charge is 2.28. The van der Waals surface area contributed by atoms with E-state index in [9.17, 15) is 4.79 Å². The van der Waals surface area contributed by atoms with Gasteiger partial charge < -0.3 is 5.32 Å². The van der Waals surface area contributed by atoms with Crippen LogP contribution in [0.2, 0.25) is 0 Å². The summed E-state index contributed by atoms with van der Waals surface area (Å²) in [6.45, 7) is 6.48. The minimum atomic E-state index is -0.447. The molecule has 0 aliphatic heterocycles. The third-order valence-electron chi connectivity index (χ3n) is 2.40. The summed E-state index contributed by atoms with van der Waals surface area (Å²) in [6, 6.07) is 9.83. The Bertz CT molecular complexity index is 303. The highest BCUT2D eigenvalue weighted by atomic mass is 16.2. The Morgan fingerprint density at radius 3 is 2.36 bits per heavy atom. The average Bonchev–Trinajstić information content (AvgIpc) is 2.19. The van der Waals surface area contributed by atoms with Gasteiger partial charge >= 0.3 is 0 Å². The van der Waals surface area contributed by atoms with Gasteiger partial charge in [-0.05, 0) is 26.3 Å². The van der Waals surface area contributed by atoms with Gasteiger partial charge in [-0.2, -0.15) is 0 Å². The molecule has 0 spiro atoms. The van der Waals surface area contributed by atoms with Gasteiger partial charge in [-0.3, -0.25) is 4.79 Å². The second kappa shape index (κ2) is 4.27. The van der Waals surface area contributed by atoms with Crippen LogP contribution in [-0.4, -0.2) is 12.5 Å². The lowest BCUT2D eigenvalue weighted by Gasteiger charge is -2.23. The van der Waals surface area contributed by atoms with Gasteiger partial charge in [0.25, 0.3) is 0 Å². The highest BCUT2D eigenvalue weighted by Crippen LogP contribution is 2.22. The van der Waals surface area contributed by atoms with E-state index in [4.69, 9.17) is 0 Å². The molecule has 1 aromatic carbocycles. The van der Waals surface area contributed by atoms with Gasteiger partial charge in [0.15, 0.2) is 0 Å². The van der Waals surface area contributed by atoms with Crippen LogP contribution >= 0.6 is 0 Å². The molecule has 0 aromatic heterocycles. The van der Waals surface area contributed by atoms with Crippen LogP contribution in [0.15, 0.2) is 30.3 Å². The van der Waals surface area contributed by atoms with Gasteiger partial charge in [0.05, 0.1) is 5.41 Å². The van der Waals surface area contributed by atoms with Crippen molar-refractivity contribution in [3.05, 3.63) is 35.9 Å². The molecule has 0 heterocycles. The Morgan fingerprint density at radius 2 is 1.86 bits per heavy atom. The summed E-state index contributed by atoms with van der Waals surface area (Å²) in [4.78, 5) is 11.8. The molecular formula is C12H17NO. The van der Waals surface area contributed by atoms with Crippen molar-refractivity contribution in [3.63, 3.8) is 0 Å². The first kappa shape index (κ1) is 10.8. The van der Waals surface area contributed by atoms with Crippen molar-refractivity contribution in [2.75, 3.05) is 6.54 Å². The lowest BCUT2D eigenvalue weighted by atomic mass is 9.84. The first-order valence-electron chi connectivity index (χ1n) is 4.93. The standard InChI is InChI=1S/C12H17NO/c1-4-13-11(14)12(2,3)10-8-6-5-7-9-10/h5-9H,4H2,1-3H3,(H,13,14). The molecule has 1 aromatic rings. The van der Waals surface area contributed by atoms with Crippen LogP contribution in [0, 0.1) is 0 Å². The van der Waals surface area contributed by atoms with Crippen molar-refractivity contribution in [1.82, 2.24) is 5.32 Å². The van der Waals surface area contributed by atoms with Crippen molar-refractivity contribution in [2.45, 2.75) is 26.2 Å². The smallest absolute Gasteiger partial charge is 0.230 e. The molecule has 2 heteroatoms. The van der Waals surface area contributed by atoms with Crippen molar-refractivity contribution >= 4 is 5.91 Å². The van der Waals surface area contributed by atoms with Crippen molar-refractivity contribution in [1.29, 1.82) is 0 Å². The maximum Gasteiger partial charge on any atom is 0.230 e. The van der Waals surface area contributed by atoms with E-state index in [1.807, 2.05) is 51.1 Å². The third kappa shape index (κ3) is 2.13. The summed E-state index contributed by atoms with van der Waals surface area (Å²) in [5.41, 5.74) is 0.600. The number of hydrogen-bond donors (Lipinski definition) is 1. The molecule has 0 fully saturated rings. The van der Waals surface area contributed by atoms with Gasteiger partial charge in [-0.15, -0.1) is 0 Å². The molecule has 0 bridgehead atoms. The molecule has 2 nitrogen and oxygen atoms in total. The van der Waals surface area contributed by atoms with Gasteiger partial charge in [0, 0.05) is 6.54 Å². The molecule has 0 atom stereocenters. The molecule has 0 unspecified atom stereocenters. The van der Waals surface area contributed by atoms with Crippen LogP contribution < -0.4 is 5.32 Å². The van der Waals surface area contributed by atoms with E-state index in [0.717, 1.165) is 5.56 Å². The minimum absolute atomic E-state index is 0.0752. The van der Waals surface area contributed by atoms with Crippen LogP contribution in [0.4, 0.5) is 0 Å². The zero-order valence-corrected chi connectivity index (χ0v) is 9.00. The Morgan fingerprint density at radius 1 is 1.29 bits per heavy atom. The highest BCUT2D eigenvalue weighted by molar-refractivity contribution is 5.87. The third-order valence-corrected chi connectivity index (χ3v) is 2.40. The summed E-state index contributed by atoms with van der Waals surface area (Å²) in [6.07, 6.45) is 0. The lowest BCUT2D eigenvalue weighted by molar-refractivity contribution is -0.125. The fourth-order valence-corrected chi connectivity index (χ4v) is 1.37. The van der Waals surface area contributed by atoms with Crippen molar-refractivity contribution in [2.24, 2.45) is 0 Å². The van der Waals surface area contributed by atoms with E-state index in [0.29, 0.717) is 6.54 Å². The molecule has 0 aliphatic carbocycles. The van der Waals surface area contributed by atoms with E-state index in [2.05, 4.69) is 5.32 Å². The molecule has 0 saturated heterocycles. The molecule has 76 valence electrons. The van der Waals surface area contributed by atoms with E-state index in [-0.39, 0.29) is 5.91 Å². The summed E-state index contributed by atoms with van der Waals surface area (Å²) < 4.78 is 0. The van der Waals surface area contributed by atoms with Crippen molar-refractivity contribution in [3.8, 4) is 0 Å². The average molecular weight is 191 g/mol. The maximum atomic E-state index is 11.8. The summed E-state index contributed by atoms with van der Waals surface area (Å²) in [7, 11) is 0. The number of carbonyl (C=O) groups is 1. The number of likely N-dealkylation sites (N-methyl/N-ethyl adjacent to an activating group) is 1. The fourth-order valence-electron chi connectivity index (χ4n) is 1.37. The predicted octanol–water partition coefficient (Wildman–Crippen LogP) is 2.10. The number of benzene rings is 1. The van der Waals surface area contributed by atoms with Gasteiger partial charge in [0.1, 0.15) is 0 Å². The molecular weight excluding hydrogens is 174 g/mol. The fraction of sp³-hybridized carbons (Fsp3) is 0.417. The Balaban J connectivity index is 2.90. The van der Waals surface area contributed by atoms with Gasteiger partial charge in [-0.25, -0.2) is 0 Å². The Kier molecular flexibility index (Phi) is 3.28. The monoisotopic (exact) mass is 191 g/mol. The minimum Gasteiger partial charge on any atom is -0.356 e.